The van der Waals surface area contributed by atoms with Gasteiger partial charge in [0.15, 0.2) is 5.69 Å². The van der Waals surface area contributed by atoms with Gasteiger partial charge in [-0.2, -0.15) is 0 Å². The first-order valence-electron chi connectivity index (χ1n) is 7.02. The van der Waals surface area contributed by atoms with Crippen LogP contribution >= 0.6 is 0 Å². The Balaban J connectivity index is 1.53. The second kappa shape index (κ2) is 6.23. The Morgan fingerprint density at radius 3 is 3.00 bits per heavy atom. The van der Waals surface area contributed by atoms with E-state index in [4.69, 9.17) is 14.0 Å². The third-order valence-electron chi connectivity index (χ3n) is 3.57. The summed E-state index contributed by atoms with van der Waals surface area (Å²) < 4.78 is 16.0. The van der Waals surface area contributed by atoms with Crippen LogP contribution in [0.2, 0.25) is 0 Å². The molecule has 2 aliphatic heterocycles. The summed E-state index contributed by atoms with van der Waals surface area (Å²) >= 11 is 0. The van der Waals surface area contributed by atoms with E-state index in [0.717, 1.165) is 32.5 Å². The molecule has 0 radical (unpaired) electrons. The number of carbonyl (C=O) groups is 1. The Labute approximate surface area is 117 Å². The van der Waals surface area contributed by atoms with E-state index < -0.39 is 0 Å². The Bertz CT molecular complexity index is 450. The van der Waals surface area contributed by atoms with E-state index in [0.29, 0.717) is 31.3 Å². The van der Waals surface area contributed by atoms with E-state index in [1.807, 2.05) is 4.90 Å². The summed E-state index contributed by atoms with van der Waals surface area (Å²) in [5.41, 5.74) is 0.310. The molecule has 1 unspecified atom stereocenters. The van der Waals surface area contributed by atoms with Crippen molar-refractivity contribution in [2.45, 2.75) is 18.9 Å². The van der Waals surface area contributed by atoms with Crippen LogP contribution in [0.3, 0.4) is 0 Å². The van der Waals surface area contributed by atoms with Crippen molar-refractivity contribution in [2.75, 3.05) is 44.4 Å². The van der Waals surface area contributed by atoms with Crippen LogP contribution in [-0.4, -0.2) is 56.6 Å². The number of hydrogen-bond acceptors (Lipinski definition) is 6. The van der Waals surface area contributed by atoms with Crippen molar-refractivity contribution >= 4 is 11.8 Å². The van der Waals surface area contributed by atoms with Crippen LogP contribution in [0.1, 0.15) is 23.3 Å². The maximum atomic E-state index is 12.0. The molecule has 1 amide bonds. The Hall–Kier alpha value is -1.60. The van der Waals surface area contributed by atoms with Gasteiger partial charge in [0.05, 0.1) is 19.3 Å². The van der Waals surface area contributed by atoms with Crippen LogP contribution in [0.15, 0.2) is 10.6 Å². The molecule has 1 atom stereocenters. The number of morpholine rings is 1. The van der Waals surface area contributed by atoms with Gasteiger partial charge in [-0.3, -0.25) is 4.79 Å². The standard InChI is InChI=1S/C13H19N3O4/c17-13(14-9-10-2-1-5-19-10)11-8-12(20-15-11)16-3-6-18-7-4-16/h8,10H,1-7,9H2,(H,14,17). The zero-order valence-corrected chi connectivity index (χ0v) is 11.3. The fourth-order valence-corrected chi connectivity index (χ4v) is 2.41. The van der Waals surface area contributed by atoms with Gasteiger partial charge in [0.2, 0.25) is 5.88 Å². The fraction of sp³-hybridized carbons (Fsp3) is 0.692. The average Bonchev–Trinajstić information content (AvgIpc) is 3.17. The molecule has 1 aromatic rings. The average molecular weight is 281 g/mol. The SMILES string of the molecule is O=C(NCC1CCCO1)c1cc(N2CCOCC2)on1. The molecule has 3 rings (SSSR count). The molecule has 2 aliphatic rings. The highest BCUT2D eigenvalue weighted by atomic mass is 16.5. The normalized spacial score (nSPS) is 23.0. The Kier molecular flexibility index (Phi) is 4.17. The summed E-state index contributed by atoms with van der Waals surface area (Å²) in [5, 5.41) is 6.65. The number of aromatic nitrogens is 1. The minimum Gasteiger partial charge on any atom is -0.378 e. The smallest absolute Gasteiger partial charge is 0.273 e. The zero-order chi connectivity index (χ0) is 13.8. The number of nitrogens with one attached hydrogen (secondary N) is 1. The molecule has 1 aromatic heterocycles. The highest BCUT2D eigenvalue weighted by Crippen LogP contribution is 2.17. The van der Waals surface area contributed by atoms with Crippen molar-refractivity contribution in [1.29, 1.82) is 0 Å². The van der Waals surface area contributed by atoms with E-state index >= 15 is 0 Å². The minimum absolute atomic E-state index is 0.129. The molecule has 0 saturated carbocycles. The zero-order valence-electron chi connectivity index (χ0n) is 11.3. The summed E-state index contributed by atoms with van der Waals surface area (Å²) in [6, 6.07) is 1.68. The molecule has 0 spiro atoms. The Morgan fingerprint density at radius 2 is 2.25 bits per heavy atom. The first-order chi connectivity index (χ1) is 9.83. The van der Waals surface area contributed by atoms with Crippen molar-refractivity contribution in [3.63, 3.8) is 0 Å². The summed E-state index contributed by atoms with van der Waals surface area (Å²) in [6.07, 6.45) is 2.19. The van der Waals surface area contributed by atoms with Gasteiger partial charge in [0, 0.05) is 32.3 Å². The Morgan fingerprint density at radius 1 is 1.40 bits per heavy atom. The van der Waals surface area contributed by atoms with Crippen LogP contribution in [0.4, 0.5) is 5.88 Å². The molecule has 0 aromatic carbocycles. The molecule has 20 heavy (non-hydrogen) atoms. The molecule has 0 aliphatic carbocycles. The van der Waals surface area contributed by atoms with Crippen molar-refractivity contribution in [3.05, 3.63) is 11.8 Å². The molecule has 7 nitrogen and oxygen atoms in total. The van der Waals surface area contributed by atoms with Crippen LogP contribution in [0.5, 0.6) is 0 Å². The lowest BCUT2D eigenvalue weighted by atomic mass is 10.2. The highest BCUT2D eigenvalue weighted by molar-refractivity contribution is 5.92. The number of hydrogen-bond donors (Lipinski definition) is 1. The van der Waals surface area contributed by atoms with Crippen LogP contribution < -0.4 is 10.2 Å². The third kappa shape index (κ3) is 3.10. The lowest BCUT2D eigenvalue weighted by molar-refractivity contribution is 0.0850. The molecule has 3 heterocycles. The molecule has 7 heteroatoms. The van der Waals surface area contributed by atoms with Gasteiger partial charge in [-0.25, -0.2) is 0 Å². The first kappa shape index (κ1) is 13.4. The number of amides is 1. The van der Waals surface area contributed by atoms with Crippen molar-refractivity contribution < 1.29 is 18.8 Å². The van der Waals surface area contributed by atoms with Crippen molar-refractivity contribution in [1.82, 2.24) is 10.5 Å². The fourth-order valence-electron chi connectivity index (χ4n) is 2.41. The van der Waals surface area contributed by atoms with Crippen molar-refractivity contribution in [2.24, 2.45) is 0 Å². The highest BCUT2D eigenvalue weighted by Gasteiger charge is 2.20. The number of nitrogens with zero attached hydrogens (tertiary/aromatic N) is 2. The van der Waals surface area contributed by atoms with Gasteiger partial charge in [0.25, 0.3) is 5.91 Å². The minimum atomic E-state index is -0.219. The van der Waals surface area contributed by atoms with E-state index in [1.165, 1.54) is 0 Å². The predicted molar refractivity (Wildman–Crippen MR) is 70.8 cm³/mol. The number of anilines is 1. The first-order valence-corrected chi connectivity index (χ1v) is 7.02. The van der Waals surface area contributed by atoms with Crippen LogP contribution in [0, 0.1) is 0 Å². The van der Waals surface area contributed by atoms with Gasteiger partial charge in [-0.1, -0.05) is 5.16 Å². The summed E-state index contributed by atoms with van der Waals surface area (Å²) in [4.78, 5) is 14.0. The lowest BCUT2D eigenvalue weighted by Crippen LogP contribution is -2.36. The van der Waals surface area contributed by atoms with E-state index in [-0.39, 0.29) is 12.0 Å². The second-order valence-electron chi connectivity index (χ2n) is 4.99. The molecule has 2 saturated heterocycles. The van der Waals surface area contributed by atoms with Gasteiger partial charge >= 0.3 is 0 Å². The van der Waals surface area contributed by atoms with Gasteiger partial charge in [-0.15, -0.1) is 0 Å². The predicted octanol–water partition coefficient (Wildman–Crippen LogP) is 0.420. The molecule has 2 fully saturated rings. The number of ether oxygens (including phenoxy) is 2. The van der Waals surface area contributed by atoms with Crippen molar-refractivity contribution in [3.8, 4) is 0 Å². The molecule has 0 bridgehead atoms. The van der Waals surface area contributed by atoms with E-state index in [1.54, 1.807) is 6.07 Å². The topological polar surface area (TPSA) is 76.8 Å². The third-order valence-corrected chi connectivity index (χ3v) is 3.57. The van der Waals surface area contributed by atoms with E-state index in [2.05, 4.69) is 10.5 Å². The van der Waals surface area contributed by atoms with Crippen LogP contribution in [-0.2, 0) is 9.47 Å². The van der Waals surface area contributed by atoms with Crippen LogP contribution in [0.25, 0.3) is 0 Å². The molecular formula is C13H19N3O4. The number of rotatable bonds is 4. The number of carbonyl (C=O) groups excluding carboxylic acids is 1. The molecular weight excluding hydrogens is 262 g/mol. The molecule has 110 valence electrons. The van der Waals surface area contributed by atoms with Gasteiger partial charge in [-0.05, 0) is 12.8 Å². The second-order valence-corrected chi connectivity index (χ2v) is 4.99. The summed E-state index contributed by atoms with van der Waals surface area (Å²) in [5.74, 6) is 0.402. The quantitative estimate of drug-likeness (QED) is 0.862. The lowest BCUT2D eigenvalue weighted by Gasteiger charge is -2.25. The maximum Gasteiger partial charge on any atom is 0.273 e. The monoisotopic (exact) mass is 281 g/mol. The van der Waals surface area contributed by atoms with Gasteiger partial charge < -0.3 is 24.2 Å². The largest absolute Gasteiger partial charge is 0.378 e. The molecule has 1 N–H and O–H groups in total. The summed E-state index contributed by atoms with van der Waals surface area (Å²) in [6.45, 7) is 4.16. The van der Waals surface area contributed by atoms with E-state index in [9.17, 15) is 4.79 Å². The summed E-state index contributed by atoms with van der Waals surface area (Å²) in [7, 11) is 0. The van der Waals surface area contributed by atoms with Gasteiger partial charge in [0.1, 0.15) is 0 Å². The maximum absolute atomic E-state index is 12.0.